The van der Waals surface area contributed by atoms with Crippen molar-refractivity contribution >= 4 is 27.3 Å². The quantitative estimate of drug-likeness (QED) is 0.812. The van der Waals surface area contributed by atoms with Crippen LogP contribution in [0.25, 0.3) is 0 Å². The Morgan fingerprint density at radius 2 is 1.91 bits per heavy atom. The lowest BCUT2D eigenvalue weighted by Gasteiger charge is -2.23. The minimum atomic E-state index is -3.78. The number of benzene rings is 2. The SMILES string of the molecule is CCN(c1ccc(F)c(Cl)c1)S(=O)(=O)c1ccc(OC)c(C)c1. The molecule has 2 aromatic carbocycles. The minimum Gasteiger partial charge on any atom is -0.496 e. The first-order valence-corrected chi connectivity index (χ1v) is 8.75. The molecular weight excluding hydrogens is 341 g/mol. The second-order valence-electron chi connectivity index (χ2n) is 4.90. The molecule has 0 N–H and O–H groups in total. The van der Waals surface area contributed by atoms with Gasteiger partial charge in [0.1, 0.15) is 11.6 Å². The van der Waals surface area contributed by atoms with E-state index in [1.807, 2.05) is 0 Å². The van der Waals surface area contributed by atoms with Gasteiger partial charge in [0.2, 0.25) is 0 Å². The summed E-state index contributed by atoms with van der Waals surface area (Å²) in [7, 11) is -2.26. The number of hydrogen-bond donors (Lipinski definition) is 0. The van der Waals surface area contributed by atoms with Crippen molar-refractivity contribution < 1.29 is 17.5 Å². The third-order valence-corrected chi connectivity index (χ3v) is 5.62. The Labute approximate surface area is 140 Å². The number of methoxy groups -OCH3 is 1. The van der Waals surface area contributed by atoms with Crippen LogP contribution in [0.15, 0.2) is 41.3 Å². The average molecular weight is 358 g/mol. The molecule has 0 aliphatic rings. The Morgan fingerprint density at radius 3 is 2.43 bits per heavy atom. The van der Waals surface area contributed by atoms with Gasteiger partial charge in [-0.05, 0) is 55.8 Å². The van der Waals surface area contributed by atoms with E-state index in [1.165, 1.54) is 29.6 Å². The standard InChI is InChI=1S/C16H17ClFNO3S/c1-4-19(12-5-7-15(18)14(17)10-12)23(20,21)13-6-8-16(22-3)11(2)9-13/h5-10H,4H2,1-3H3. The summed E-state index contributed by atoms with van der Waals surface area (Å²) >= 11 is 5.76. The molecule has 0 fully saturated rings. The molecule has 0 radical (unpaired) electrons. The lowest BCUT2D eigenvalue weighted by Crippen LogP contribution is -2.30. The van der Waals surface area contributed by atoms with Crippen LogP contribution in [0.4, 0.5) is 10.1 Å². The molecule has 0 bridgehead atoms. The van der Waals surface area contributed by atoms with Gasteiger partial charge in [0.05, 0.1) is 22.7 Å². The fourth-order valence-electron chi connectivity index (χ4n) is 2.27. The van der Waals surface area contributed by atoms with Gasteiger partial charge >= 0.3 is 0 Å². The second kappa shape index (κ2) is 6.76. The summed E-state index contributed by atoms with van der Waals surface area (Å²) in [5.41, 5.74) is 1.02. The molecule has 0 heterocycles. The van der Waals surface area contributed by atoms with Crippen LogP contribution < -0.4 is 9.04 Å². The largest absolute Gasteiger partial charge is 0.496 e. The Morgan fingerprint density at radius 1 is 1.22 bits per heavy atom. The highest BCUT2D eigenvalue weighted by atomic mass is 35.5. The van der Waals surface area contributed by atoms with Crippen molar-refractivity contribution in [2.75, 3.05) is 18.0 Å². The molecule has 124 valence electrons. The first kappa shape index (κ1) is 17.6. The van der Waals surface area contributed by atoms with Crippen molar-refractivity contribution in [3.63, 3.8) is 0 Å². The van der Waals surface area contributed by atoms with Gasteiger partial charge < -0.3 is 4.74 Å². The molecule has 0 spiro atoms. The molecule has 0 saturated heterocycles. The summed E-state index contributed by atoms with van der Waals surface area (Å²) in [6.45, 7) is 3.66. The second-order valence-corrected chi connectivity index (χ2v) is 7.17. The molecule has 0 aromatic heterocycles. The van der Waals surface area contributed by atoms with E-state index < -0.39 is 15.8 Å². The average Bonchev–Trinajstić information content (AvgIpc) is 2.51. The summed E-state index contributed by atoms with van der Waals surface area (Å²) in [4.78, 5) is 0.137. The maximum Gasteiger partial charge on any atom is 0.264 e. The Kier molecular flexibility index (Phi) is 5.16. The molecule has 0 unspecified atom stereocenters. The third kappa shape index (κ3) is 3.43. The van der Waals surface area contributed by atoms with E-state index in [0.29, 0.717) is 17.0 Å². The molecule has 23 heavy (non-hydrogen) atoms. The number of sulfonamides is 1. The maximum absolute atomic E-state index is 13.3. The number of ether oxygens (including phenoxy) is 1. The highest BCUT2D eigenvalue weighted by Crippen LogP contribution is 2.29. The normalized spacial score (nSPS) is 11.3. The van der Waals surface area contributed by atoms with Gasteiger partial charge in [-0.3, -0.25) is 4.31 Å². The molecule has 0 amide bonds. The van der Waals surface area contributed by atoms with E-state index in [0.717, 1.165) is 6.07 Å². The van der Waals surface area contributed by atoms with Crippen LogP contribution in [0.1, 0.15) is 12.5 Å². The molecule has 0 aliphatic heterocycles. The Hall–Kier alpha value is -1.79. The molecule has 0 aliphatic carbocycles. The topological polar surface area (TPSA) is 46.6 Å². The van der Waals surface area contributed by atoms with E-state index in [1.54, 1.807) is 26.0 Å². The van der Waals surface area contributed by atoms with Gasteiger partial charge in [-0.2, -0.15) is 0 Å². The summed E-state index contributed by atoms with van der Waals surface area (Å²) in [6, 6.07) is 8.46. The van der Waals surface area contributed by atoms with E-state index in [-0.39, 0.29) is 16.5 Å². The van der Waals surface area contributed by atoms with Gasteiger partial charge in [0, 0.05) is 6.54 Å². The molecule has 7 heteroatoms. The molecular formula is C16H17ClFNO3S. The van der Waals surface area contributed by atoms with Crippen LogP contribution in [0.2, 0.25) is 5.02 Å². The van der Waals surface area contributed by atoms with E-state index in [9.17, 15) is 12.8 Å². The van der Waals surface area contributed by atoms with Crippen molar-refractivity contribution in [2.24, 2.45) is 0 Å². The monoisotopic (exact) mass is 357 g/mol. The number of nitrogens with zero attached hydrogens (tertiary/aromatic N) is 1. The van der Waals surface area contributed by atoms with Crippen molar-refractivity contribution in [1.29, 1.82) is 0 Å². The van der Waals surface area contributed by atoms with Gasteiger partial charge in [0.15, 0.2) is 0 Å². The van der Waals surface area contributed by atoms with Gasteiger partial charge in [-0.15, -0.1) is 0 Å². The number of halogens is 2. The smallest absolute Gasteiger partial charge is 0.264 e. The van der Waals surface area contributed by atoms with Crippen LogP contribution in [-0.2, 0) is 10.0 Å². The predicted molar refractivity (Wildman–Crippen MR) is 89.3 cm³/mol. The Bertz CT molecular complexity index is 824. The van der Waals surface area contributed by atoms with Gasteiger partial charge in [-0.25, -0.2) is 12.8 Å². The molecule has 0 atom stereocenters. The summed E-state index contributed by atoms with van der Waals surface area (Å²) < 4.78 is 45.4. The summed E-state index contributed by atoms with van der Waals surface area (Å²) in [6.07, 6.45) is 0. The summed E-state index contributed by atoms with van der Waals surface area (Å²) in [5, 5.41) is -0.123. The Balaban J connectivity index is 2.50. The van der Waals surface area contributed by atoms with Gasteiger partial charge in [-0.1, -0.05) is 11.6 Å². The fourth-order valence-corrected chi connectivity index (χ4v) is 4.00. The zero-order chi connectivity index (χ0) is 17.2. The first-order chi connectivity index (χ1) is 10.8. The number of rotatable bonds is 5. The molecule has 2 aromatic rings. The lowest BCUT2D eigenvalue weighted by atomic mass is 10.2. The highest BCUT2D eigenvalue weighted by Gasteiger charge is 2.24. The van der Waals surface area contributed by atoms with Crippen LogP contribution in [0.3, 0.4) is 0 Å². The predicted octanol–water partition coefficient (Wildman–Crippen LogP) is 4.01. The molecule has 0 saturated carbocycles. The number of anilines is 1. The number of aryl methyl sites for hydroxylation is 1. The van der Waals surface area contributed by atoms with Crippen molar-refractivity contribution in [3.8, 4) is 5.75 Å². The fraction of sp³-hybridized carbons (Fsp3) is 0.250. The van der Waals surface area contributed by atoms with Crippen LogP contribution in [-0.4, -0.2) is 22.1 Å². The molecule has 2 rings (SSSR count). The van der Waals surface area contributed by atoms with E-state index in [2.05, 4.69) is 0 Å². The van der Waals surface area contributed by atoms with E-state index >= 15 is 0 Å². The summed E-state index contributed by atoms with van der Waals surface area (Å²) in [5.74, 6) is 0.0148. The van der Waals surface area contributed by atoms with Crippen LogP contribution in [0, 0.1) is 12.7 Å². The third-order valence-electron chi connectivity index (χ3n) is 3.43. The lowest BCUT2D eigenvalue weighted by molar-refractivity contribution is 0.411. The number of hydrogen-bond acceptors (Lipinski definition) is 3. The van der Waals surface area contributed by atoms with Crippen LogP contribution >= 0.6 is 11.6 Å². The maximum atomic E-state index is 13.3. The minimum absolute atomic E-state index is 0.123. The zero-order valence-corrected chi connectivity index (χ0v) is 14.6. The van der Waals surface area contributed by atoms with Crippen LogP contribution in [0.5, 0.6) is 5.75 Å². The first-order valence-electron chi connectivity index (χ1n) is 6.93. The van der Waals surface area contributed by atoms with Crippen molar-refractivity contribution in [3.05, 3.63) is 52.8 Å². The van der Waals surface area contributed by atoms with Crippen molar-refractivity contribution in [2.45, 2.75) is 18.7 Å². The zero-order valence-electron chi connectivity index (χ0n) is 13.0. The molecule has 4 nitrogen and oxygen atoms in total. The van der Waals surface area contributed by atoms with Gasteiger partial charge in [0.25, 0.3) is 10.0 Å². The van der Waals surface area contributed by atoms with E-state index in [4.69, 9.17) is 16.3 Å². The highest BCUT2D eigenvalue weighted by molar-refractivity contribution is 7.92. The van der Waals surface area contributed by atoms with Crippen molar-refractivity contribution in [1.82, 2.24) is 0 Å².